The topological polar surface area (TPSA) is 129 Å². The van der Waals surface area contributed by atoms with E-state index in [4.69, 9.17) is 31.0 Å². The van der Waals surface area contributed by atoms with Crippen LogP contribution in [0.1, 0.15) is 32.1 Å². The highest BCUT2D eigenvalue weighted by molar-refractivity contribution is 7.86. The normalized spacial score (nSPS) is 17.4. The smallest absolute Gasteiger partial charge is 0.393 e. The molecule has 1 saturated carbocycles. The second-order valence-electron chi connectivity index (χ2n) is 4.13. The Bertz CT molecular complexity index is 488. The fourth-order valence-corrected chi connectivity index (χ4v) is 1.08. The lowest BCUT2D eigenvalue weighted by molar-refractivity contribution is -0.0514. The maximum Gasteiger partial charge on any atom is 0.522 e. The quantitative estimate of drug-likeness (QED) is 0.323. The van der Waals surface area contributed by atoms with Crippen molar-refractivity contribution >= 4 is 20.2 Å². The molecule has 0 aliphatic heterocycles. The molecule has 1 fully saturated rings. The van der Waals surface area contributed by atoms with Crippen LogP contribution in [0.3, 0.4) is 0 Å². The molecule has 0 aromatic heterocycles. The van der Waals surface area contributed by atoms with Crippen molar-refractivity contribution in [1.29, 1.82) is 0 Å². The van der Waals surface area contributed by atoms with E-state index in [9.17, 15) is 26.3 Å². The van der Waals surface area contributed by atoms with Crippen LogP contribution in [0.4, 0.5) is 26.3 Å². The highest BCUT2D eigenvalue weighted by Gasteiger charge is 2.45. The Labute approximate surface area is 127 Å². The van der Waals surface area contributed by atoms with Gasteiger partial charge in [-0.3, -0.25) is 9.11 Å². The minimum Gasteiger partial charge on any atom is -0.393 e. The van der Waals surface area contributed by atoms with E-state index < -0.39 is 31.3 Å². The van der Waals surface area contributed by atoms with Crippen molar-refractivity contribution in [2.75, 3.05) is 0 Å². The lowest BCUT2D eigenvalue weighted by atomic mass is 9.98. The second-order valence-corrected chi connectivity index (χ2v) is 6.96. The number of halogens is 6. The fourth-order valence-electron chi connectivity index (χ4n) is 1.08. The average molecular weight is 400 g/mol. The number of alkyl halides is 6. The van der Waals surface area contributed by atoms with Gasteiger partial charge in [0, 0.05) is 0 Å². The van der Waals surface area contributed by atoms with Gasteiger partial charge in [-0.15, -0.1) is 0 Å². The van der Waals surface area contributed by atoms with Crippen LogP contribution in [0, 0.1) is 0 Å². The molecule has 15 heteroatoms. The predicted octanol–water partition coefficient (Wildman–Crippen LogP) is 2.10. The van der Waals surface area contributed by atoms with Crippen molar-refractivity contribution in [3.8, 4) is 0 Å². The average Bonchev–Trinajstić information content (AvgIpc) is 2.25. The Morgan fingerprint density at radius 2 is 0.913 bits per heavy atom. The molecule has 0 amide bonds. The Balaban J connectivity index is 0. The molecule has 0 spiro atoms. The molecule has 1 rings (SSSR count). The maximum absolute atomic E-state index is 10.7. The van der Waals surface area contributed by atoms with E-state index in [0.29, 0.717) is 0 Å². The first-order chi connectivity index (χ1) is 9.89. The summed E-state index contributed by atoms with van der Waals surface area (Å²) in [6, 6.07) is 0. The van der Waals surface area contributed by atoms with Gasteiger partial charge >= 0.3 is 31.3 Å². The van der Waals surface area contributed by atoms with Crippen molar-refractivity contribution in [1.82, 2.24) is 0 Å². The van der Waals surface area contributed by atoms with Gasteiger partial charge in [0.2, 0.25) is 0 Å². The van der Waals surface area contributed by atoms with Gasteiger partial charge in [-0.05, 0) is 12.8 Å². The highest BCUT2D eigenvalue weighted by Crippen LogP contribution is 2.21. The zero-order valence-electron chi connectivity index (χ0n) is 11.2. The molecule has 0 radical (unpaired) electrons. The summed E-state index contributed by atoms with van der Waals surface area (Å²) in [6.45, 7) is 0. The van der Waals surface area contributed by atoms with Crippen LogP contribution in [-0.2, 0) is 20.2 Å². The lowest BCUT2D eigenvalue weighted by Crippen LogP contribution is -2.21. The third-order valence-electron chi connectivity index (χ3n) is 2.16. The molecule has 0 atom stereocenters. The Kier molecular flexibility index (Phi) is 9.63. The Hall–Kier alpha value is -0.640. The molecule has 3 N–H and O–H groups in total. The fraction of sp³-hybridized carbons (Fsp3) is 1.00. The van der Waals surface area contributed by atoms with Crippen molar-refractivity contribution in [2.24, 2.45) is 0 Å². The Morgan fingerprint density at radius 3 is 1.00 bits per heavy atom. The molecule has 0 aromatic rings. The molecule has 0 bridgehead atoms. The molecule has 0 aromatic carbocycles. The zero-order chi connectivity index (χ0) is 19.1. The third-order valence-corrected chi connectivity index (χ3v) is 3.33. The molecular weight excluding hydrogens is 386 g/mol. The highest BCUT2D eigenvalue weighted by atomic mass is 32.2. The van der Waals surface area contributed by atoms with Crippen LogP contribution in [0.15, 0.2) is 0 Å². The first-order valence-corrected chi connectivity index (χ1v) is 8.53. The van der Waals surface area contributed by atoms with E-state index in [2.05, 4.69) is 0 Å². The van der Waals surface area contributed by atoms with Crippen LogP contribution in [0.2, 0.25) is 0 Å². The molecule has 7 nitrogen and oxygen atoms in total. The third kappa shape index (κ3) is 12.4. The minimum absolute atomic E-state index is 0.0359. The summed E-state index contributed by atoms with van der Waals surface area (Å²) in [5, 5.41) is 8.91. The Morgan fingerprint density at radius 1 is 0.696 bits per heavy atom. The molecule has 0 heterocycles. The monoisotopic (exact) mass is 400 g/mol. The zero-order valence-corrected chi connectivity index (χ0v) is 12.8. The van der Waals surface area contributed by atoms with Gasteiger partial charge in [0.05, 0.1) is 6.10 Å². The lowest BCUT2D eigenvalue weighted by Gasteiger charge is -2.14. The largest absolute Gasteiger partial charge is 0.522 e. The first-order valence-electron chi connectivity index (χ1n) is 5.65. The number of aliphatic hydroxyl groups is 1. The summed E-state index contributed by atoms with van der Waals surface area (Å²) in [7, 11) is -11.7. The SMILES string of the molecule is O=S(=O)(O)C(F)(F)F.O=S(=O)(O)C(F)(F)F.OC1CCCCC1. The number of hydrogen-bond acceptors (Lipinski definition) is 5. The summed E-state index contributed by atoms with van der Waals surface area (Å²) >= 11 is 0. The minimum atomic E-state index is -5.84. The van der Waals surface area contributed by atoms with Gasteiger partial charge in [0.1, 0.15) is 0 Å². The number of hydrogen-bond donors (Lipinski definition) is 3. The molecule has 0 saturated heterocycles. The van der Waals surface area contributed by atoms with E-state index in [0.717, 1.165) is 12.8 Å². The van der Waals surface area contributed by atoms with Crippen LogP contribution >= 0.6 is 0 Å². The summed E-state index contributed by atoms with van der Waals surface area (Å²) in [5.74, 6) is 0. The van der Waals surface area contributed by atoms with E-state index in [1.165, 1.54) is 19.3 Å². The van der Waals surface area contributed by atoms with Crippen molar-refractivity contribution in [3.05, 3.63) is 0 Å². The summed E-state index contributed by atoms with van der Waals surface area (Å²) in [5.41, 5.74) is -11.1. The van der Waals surface area contributed by atoms with E-state index >= 15 is 0 Å². The van der Waals surface area contributed by atoms with Crippen molar-refractivity contribution in [3.63, 3.8) is 0 Å². The van der Waals surface area contributed by atoms with Gasteiger partial charge < -0.3 is 5.11 Å². The predicted molar refractivity (Wildman–Crippen MR) is 64.3 cm³/mol. The molecule has 23 heavy (non-hydrogen) atoms. The van der Waals surface area contributed by atoms with Gasteiger partial charge in [0.15, 0.2) is 0 Å². The van der Waals surface area contributed by atoms with Crippen LogP contribution in [-0.4, -0.2) is 48.2 Å². The van der Waals surface area contributed by atoms with E-state index in [1.54, 1.807) is 0 Å². The molecule has 1 aliphatic rings. The van der Waals surface area contributed by atoms with Crippen molar-refractivity contribution < 1.29 is 57.4 Å². The maximum atomic E-state index is 10.7. The molecule has 1 aliphatic carbocycles. The summed E-state index contributed by atoms with van der Waals surface area (Å²) in [4.78, 5) is 0. The van der Waals surface area contributed by atoms with Crippen LogP contribution in [0.25, 0.3) is 0 Å². The second kappa shape index (κ2) is 9.00. The van der Waals surface area contributed by atoms with Crippen molar-refractivity contribution in [2.45, 2.75) is 49.2 Å². The van der Waals surface area contributed by atoms with Crippen LogP contribution in [0.5, 0.6) is 0 Å². The van der Waals surface area contributed by atoms with Crippen LogP contribution < -0.4 is 0 Å². The first kappa shape index (κ1) is 24.6. The van der Waals surface area contributed by atoms with E-state index in [-0.39, 0.29) is 6.10 Å². The summed E-state index contributed by atoms with van der Waals surface area (Å²) < 4.78 is 115. The van der Waals surface area contributed by atoms with Gasteiger partial charge in [-0.25, -0.2) is 0 Å². The number of rotatable bonds is 0. The molecule has 0 unspecified atom stereocenters. The molecule has 142 valence electrons. The molecular formula is C8H14F6O7S2. The van der Waals surface area contributed by atoms with E-state index in [1.807, 2.05) is 0 Å². The number of aliphatic hydroxyl groups excluding tert-OH is 1. The summed E-state index contributed by atoms with van der Waals surface area (Å²) in [6.07, 6.45) is 5.92. The van der Waals surface area contributed by atoms with Gasteiger partial charge in [-0.2, -0.15) is 43.2 Å². The van der Waals surface area contributed by atoms with Gasteiger partial charge in [-0.1, -0.05) is 19.3 Å². The van der Waals surface area contributed by atoms with Gasteiger partial charge in [0.25, 0.3) is 0 Å². The standard InChI is InChI=1S/C6H12O.2CHF3O3S/c7-6-4-2-1-3-5-6;2*2-1(3,4)8(5,6)7/h6-7H,1-5H2;2*(H,5,6,7).